The first kappa shape index (κ1) is 16.0. The Bertz CT molecular complexity index is 693. The SMILES string of the molecule is Cn1cc(/C=N/NC(=S)Nc2cccc(C(F)(F)F)c2)cn1. The van der Waals surface area contributed by atoms with Crippen LogP contribution in [0.25, 0.3) is 0 Å². The molecule has 1 aromatic carbocycles. The summed E-state index contributed by atoms with van der Waals surface area (Å²) in [7, 11) is 1.77. The van der Waals surface area contributed by atoms with Crippen molar-refractivity contribution in [2.45, 2.75) is 6.18 Å². The monoisotopic (exact) mass is 327 g/mol. The van der Waals surface area contributed by atoms with E-state index in [0.29, 0.717) is 0 Å². The molecule has 0 saturated carbocycles. The van der Waals surface area contributed by atoms with E-state index in [-0.39, 0.29) is 10.8 Å². The van der Waals surface area contributed by atoms with Crippen molar-refractivity contribution in [3.8, 4) is 0 Å². The van der Waals surface area contributed by atoms with Gasteiger partial charge in [0.05, 0.1) is 18.0 Å². The smallest absolute Gasteiger partial charge is 0.331 e. The van der Waals surface area contributed by atoms with Crippen LogP contribution in [0.3, 0.4) is 0 Å². The molecule has 2 N–H and O–H groups in total. The summed E-state index contributed by atoms with van der Waals surface area (Å²) >= 11 is 4.96. The average Bonchev–Trinajstić information content (AvgIpc) is 2.84. The number of hydrazone groups is 1. The van der Waals surface area contributed by atoms with Gasteiger partial charge in [0.25, 0.3) is 0 Å². The summed E-state index contributed by atoms with van der Waals surface area (Å²) in [6.07, 6.45) is 0.446. The molecule has 0 bridgehead atoms. The lowest BCUT2D eigenvalue weighted by atomic mass is 10.2. The third-order valence-electron chi connectivity index (χ3n) is 2.55. The molecule has 0 saturated heterocycles. The van der Waals surface area contributed by atoms with Gasteiger partial charge in [-0.15, -0.1) is 0 Å². The van der Waals surface area contributed by atoms with Crippen molar-refractivity contribution in [1.82, 2.24) is 15.2 Å². The normalized spacial score (nSPS) is 11.6. The first-order valence-electron chi connectivity index (χ1n) is 6.10. The molecular weight excluding hydrogens is 315 g/mol. The van der Waals surface area contributed by atoms with Crippen LogP contribution in [-0.2, 0) is 13.2 Å². The van der Waals surface area contributed by atoms with Crippen molar-refractivity contribution < 1.29 is 13.2 Å². The van der Waals surface area contributed by atoms with E-state index >= 15 is 0 Å². The lowest BCUT2D eigenvalue weighted by Crippen LogP contribution is -2.24. The van der Waals surface area contributed by atoms with Crippen LogP contribution in [0.15, 0.2) is 41.8 Å². The number of rotatable bonds is 3. The van der Waals surface area contributed by atoms with Crippen molar-refractivity contribution >= 4 is 29.2 Å². The number of nitrogens with zero attached hydrogens (tertiary/aromatic N) is 3. The first-order valence-corrected chi connectivity index (χ1v) is 6.51. The summed E-state index contributed by atoms with van der Waals surface area (Å²) in [4.78, 5) is 0. The van der Waals surface area contributed by atoms with Crippen molar-refractivity contribution in [3.05, 3.63) is 47.8 Å². The molecule has 0 aliphatic heterocycles. The number of aromatic nitrogens is 2. The Balaban J connectivity index is 1.93. The highest BCUT2D eigenvalue weighted by molar-refractivity contribution is 7.80. The minimum atomic E-state index is -4.40. The Kier molecular flexibility index (Phi) is 4.76. The highest BCUT2D eigenvalue weighted by atomic mass is 32.1. The van der Waals surface area contributed by atoms with Gasteiger partial charge >= 0.3 is 6.18 Å². The molecule has 2 aromatic rings. The third-order valence-corrected chi connectivity index (χ3v) is 2.75. The van der Waals surface area contributed by atoms with Gasteiger partial charge in [-0.1, -0.05) is 6.07 Å². The second-order valence-corrected chi connectivity index (χ2v) is 4.76. The fourth-order valence-corrected chi connectivity index (χ4v) is 1.78. The number of benzene rings is 1. The predicted molar refractivity (Wildman–Crippen MR) is 81.6 cm³/mol. The standard InChI is InChI=1S/C13H12F3N5S/c1-21-8-9(7-18-21)6-17-20-12(22)19-11-4-2-3-10(5-11)13(14,15)16/h2-8H,1H3,(H2,19,20,22)/b17-6+. The second kappa shape index (κ2) is 6.56. The molecule has 0 spiro atoms. The Morgan fingerprint density at radius 3 is 2.82 bits per heavy atom. The number of halogens is 3. The molecule has 1 heterocycles. The molecule has 116 valence electrons. The number of alkyl halides is 3. The van der Waals surface area contributed by atoms with Gasteiger partial charge in [-0.05, 0) is 30.4 Å². The van der Waals surface area contributed by atoms with E-state index in [9.17, 15) is 13.2 Å². The molecule has 1 aromatic heterocycles. The highest BCUT2D eigenvalue weighted by Crippen LogP contribution is 2.30. The van der Waals surface area contributed by atoms with Gasteiger partial charge in [0.2, 0.25) is 0 Å². The summed E-state index contributed by atoms with van der Waals surface area (Å²) < 4.78 is 39.4. The topological polar surface area (TPSA) is 54.2 Å². The van der Waals surface area contributed by atoms with Crippen LogP contribution >= 0.6 is 12.2 Å². The third kappa shape index (κ3) is 4.55. The first-order chi connectivity index (χ1) is 10.3. The van der Waals surface area contributed by atoms with Gasteiger partial charge in [0.15, 0.2) is 5.11 Å². The van der Waals surface area contributed by atoms with Crippen LogP contribution in [-0.4, -0.2) is 21.1 Å². The van der Waals surface area contributed by atoms with Crippen LogP contribution in [0.1, 0.15) is 11.1 Å². The molecule has 0 radical (unpaired) electrons. The fraction of sp³-hybridized carbons (Fsp3) is 0.154. The average molecular weight is 327 g/mol. The van der Waals surface area contributed by atoms with E-state index in [4.69, 9.17) is 12.2 Å². The van der Waals surface area contributed by atoms with E-state index in [1.165, 1.54) is 18.3 Å². The van der Waals surface area contributed by atoms with Gasteiger partial charge < -0.3 is 5.32 Å². The maximum atomic E-state index is 12.6. The van der Waals surface area contributed by atoms with E-state index in [1.54, 1.807) is 24.1 Å². The number of hydrogen-bond acceptors (Lipinski definition) is 3. The Morgan fingerprint density at radius 2 is 2.18 bits per heavy atom. The lowest BCUT2D eigenvalue weighted by Gasteiger charge is -2.10. The summed E-state index contributed by atoms with van der Waals surface area (Å²) in [5, 5.41) is 10.5. The Hall–Kier alpha value is -2.42. The summed E-state index contributed by atoms with van der Waals surface area (Å²) in [5.74, 6) is 0. The lowest BCUT2D eigenvalue weighted by molar-refractivity contribution is -0.137. The van der Waals surface area contributed by atoms with E-state index in [1.807, 2.05) is 0 Å². The van der Waals surface area contributed by atoms with E-state index in [2.05, 4.69) is 20.9 Å². The number of anilines is 1. The molecular formula is C13H12F3N5S. The molecule has 2 rings (SSSR count). The number of aryl methyl sites for hydroxylation is 1. The summed E-state index contributed by atoms with van der Waals surface area (Å²) in [6, 6.07) is 4.74. The quantitative estimate of drug-likeness (QED) is 0.517. The molecule has 0 aliphatic rings. The molecule has 22 heavy (non-hydrogen) atoms. The summed E-state index contributed by atoms with van der Waals surface area (Å²) in [5.41, 5.74) is 2.75. The van der Waals surface area contributed by atoms with E-state index < -0.39 is 11.7 Å². The van der Waals surface area contributed by atoms with E-state index in [0.717, 1.165) is 17.7 Å². The van der Waals surface area contributed by atoms with Crippen molar-refractivity contribution in [2.24, 2.45) is 12.1 Å². The molecule has 9 heteroatoms. The van der Waals surface area contributed by atoms with Gasteiger partial charge in [-0.25, -0.2) is 0 Å². The van der Waals surface area contributed by atoms with Crippen molar-refractivity contribution in [3.63, 3.8) is 0 Å². The van der Waals surface area contributed by atoms with Crippen molar-refractivity contribution in [1.29, 1.82) is 0 Å². The van der Waals surface area contributed by atoms with Gasteiger partial charge in [0.1, 0.15) is 0 Å². The van der Waals surface area contributed by atoms with Crippen molar-refractivity contribution in [2.75, 3.05) is 5.32 Å². The Morgan fingerprint density at radius 1 is 1.41 bits per heavy atom. The maximum Gasteiger partial charge on any atom is 0.416 e. The summed E-state index contributed by atoms with van der Waals surface area (Å²) in [6.45, 7) is 0. The zero-order valence-corrected chi connectivity index (χ0v) is 12.2. The predicted octanol–water partition coefficient (Wildman–Crippen LogP) is 2.76. The van der Waals surface area contributed by atoms with Crippen LogP contribution in [0.4, 0.5) is 18.9 Å². The number of thiocarbonyl (C=S) groups is 1. The molecule has 0 amide bonds. The molecule has 0 aliphatic carbocycles. The second-order valence-electron chi connectivity index (χ2n) is 4.35. The van der Waals surface area contributed by atoms with Gasteiger partial charge in [-0.2, -0.15) is 23.4 Å². The molecule has 0 atom stereocenters. The number of hydrogen-bond donors (Lipinski definition) is 2. The highest BCUT2D eigenvalue weighted by Gasteiger charge is 2.30. The largest absolute Gasteiger partial charge is 0.416 e. The van der Waals surface area contributed by atoms with Crippen LogP contribution in [0.5, 0.6) is 0 Å². The zero-order valence-electron chi connectivity index (χ0n) is 11.4. The minimum Gasteiger partial charge on any atom is -0.331 e. The van der Waals surface area contributed by atoms with Crippen LogP contribution in [0, 0.1) is 0 Å². The fourth-order valence-electron chi connectivity index (χ4n) is 1.60. The molecule has 0 unspecified atom stereocenters. The molecule has 5 nitrogen and oxygen atoms in total. The Labute approximate surface area is 129 Å². The minimum absolute atomic E-state index is 0.0828. The molecule has 0 fully saturated rings. The van der Waals surface area contributed by atoms with Crippen LogP contribution < -0.4 is 10.7 Å². The van der Waals surface area contributed by atoms with Gasteiger partial charge in [-0.3, -0.25) is 10.1 Å². The number of nitrogens with one attached hydrogen (secondary N) is 2. The van der Waals surface area contributed by atoms with Crippen LogP contribution in [0.2, 0.25) is 0 Å². The van der Waals surface area contributed by atoms with Gasteiger partial charge in [0, 0.05) is 24.5 Å². The zero-order chi connectivity index (χ0) is 16.2. The maximum absolute atomic E-state index is 12.6.